The number of carbonyl (C=O) groups excluding carboxylic acids is 1. The van der Waals surface area contributed by atoms with Gasteiger partial charge >= 0.3 is 0 Å². The number of benzene rings is 1. The molecule has 5 nitrogen and oxygen atoms in total. The van der Waals surface area contributed by atoms with Crippen molar-refractivity contribution >= 4 is 23.7 Å². The fourth-order valence-corrected chi connectivity index (χ4v) is 2.19. The molecule has 0 radical (unpaired) electrons. The number of amides is 1. The summed E-state index contributed by atoms with van der Waals surface area (Å²) in [6.45, 7) is 3.75. The second-order valence-electron chi connectivity index (χ2n) is 5.01. The number of aryl methyl sites for hydroxylation is 2. The van der Waals surface area contributed by atoms with E-state index in [1.54, 1.807) is 10.9 Å². The van der Waals surface area contributed by atoms with E-state index in [1.807, 2.05) is 32.0 Å². The van der Waals surface area contributed by atoms with Gasteiger partial charge in [0.05, 0.1) is 16.4 Å². The van der Waals surface area contributed by atoms with Gasteiger partial charge in [0.15, 0.2) is 0 Å². The van der Waals surface area contributed by atoms with Crippen LogP contribution in [-0.4, -0.2) is 21.9 Å². The summed E-state index contributed by atoms with van der Waals surface area (Å²) in [6.07, 6.45) is 3.38. The smallest absolute Gasteiger partial charge is 0.261 e. The van der Waals surface area contributed by atoms with Crippen molar-refractivity contribution in [2.24, 2.45) is 5.10 Å². The molecule has 1 amide bonds. The number of carbonyl (C=O) groups is 1. The highest BCUT2D eigenvalue weighted by Gasteiger charge is 2.11. The van der Waals surface area contributed by atoms with Gasteiger partial charge in [0.25, 0.3) is 5.91 Å². The van der Waals surface area contributed by atoms with E-state index in [4.69, 9.17) is 11.6 Å². The molecule has 0 aliphatic heterocycles. The van der Waals surface area contributed by atoms with E-state index in [2.05, 4.69) is 27.8 Å². The van der Waals surface area contributed by atoms with Gasteiger partial charge in [0.1, 0.15) is 6.54 Å². The summed E-state index contributed by atoms with van der Waals surface area (Å²) in [5.41, 5.74) is 5.25. The Morgan fingerprint density at radius 3 is 2.73 bits per heavy atom. The number of hydrazone groups is 1. The molecule has 22 heavy (non-hydrogen) atoms. The summed E-state index contributed by atoms with van der Waals surface area (Å²) in [4.78, 5) is 11.8. The number of rotatable bonds is 6. The van der Waals surface area contributed by atoms with Crippen molar-refractivity contribution in [1.29, 1.82) is 0 Å². The van der Waals surface area contributed by atoms with Crippen LogP contribution < -0.4 is 5.43 Å². The van der Waals surface area contributed by atoms with Crippen molar-refractivity contribution in [3.05, 3.63) is 52.3 Å². The van der Waals surface area contributed by atoms with Gasteiger partial charge < -0.3 is 0 Å². The average molecular weight is 319 g/mol. The Morgan fingerprint density at radius 2 is 2.09 bits per heavy atom. The molecule has 0 spiro atoms. The second kappa shape index (κ2) is 7.75. The number of hydrogen-bond acceptors (Lipinski definition) is 3. The predicted octanol–water partition coefficient (Wildman–Crippen LogP) is 2.89. The predicted molar refractivity (Wildman–Crippen MR) is 88.1 cm³/mol. The van der Waals surface area contributed by atoms with Crippen LogP contribution in [0.1, 0.15) is 23.4 Å². The van der Waals surface area contributed by atoms with Gasteiger partial charge in [0.2, 0.25) is 0 Å². The minimum Gasteiger partial charge on any atom is -0.271 e. The van der Waals surface area contributed by atoms with Gasteiger partial charge in [-0.05, 0) is 32.3 Å². The van der Waals surface area contributed by atoms with Crippen molar-refractivity contribution in [1.82, 2.24) is 15.2 Å². The lowest BCUT2D eigenvalue weighted by Crippen LogP contribution is -2.24. The fraction of sp³-hybridized carbons (Fsp3) is 0.312. The molecule has 1 N–H and O–H groups in total. The molecule has 6 heteroatoms. The third-order valence-corrected chi connectivity index (χ3v) is 3.82. The van der Waals surface area contributed by atoms with Crippen molar-refractivity contribution in [3.63, 3.8) is 0 Å². The number of nitrogens with zero attached hydrogens (tertiary/aromatic N) is 3. The molecular formula is C16H19ClN4O. The first-order valence-electron chi connectivity index (χ1n) is 7.11. The normalized spacial score (nSPS) is 11.0. The van der Waals surface area contributed by atoms with Crippen molar-refractivity contribution in [3.8, 4) is 0 Å². The van der Waals surface area contributed by atoms with Crippen LogP contribution in [0.3, 0.4) is 0 Å². The van der Waals surface area contributed by atoms with E-state index in [0.717, 1.165) is 24.2 Å². The molecule has 1 aromatic heterocycles. The Balaban J connectivity index is 1.75. The van der Waals surface area contributed by atoms with Crippen LogP contribution in [0, 0.1) is 13.8 Å². The quantitative estimate of drug-likeness (QED) is 0.657. The largest absolute Gasteiger partial charge is 0.271 e. The van der Waals surface area contributed by atoms with E-state index in [9.17, 15) is 4.79 Å². The maximum atomic E-state index is 11.8. The maximum Gasteiger partial charge on any atom is 0.261 e. The molecule has 0 atom stereocenters. The van der Waals surface area contributed by atoms with Crippen molar-refractivity contribution < 1.29 is 4.79 Å². The standard InChI is InChI=1S/C16H19ClN4O/c1-12-16(17)13(2)21(20-12)11-15(22)19-18-10-6-9-14-7-4-3-5-8-14/h3-5,7-8,10H,6,9,11H2,1-2H3,(H,19,22)/b18-10-. The molecule has 116 valence electrons. The van der Waals surface area contributed by atoms with Crippen LogP contribution in [0.15, 0.2) is 35.4 Å². The lowest BCUT2D eigenvalue weighted by molar-refractivity contribution is -0.121. The lowest BCUT2D eigenvalue weighted by Gasteiger charge is -2.03. The summed E-state index contributed by atoms with van der Waals surface area (Å²) in [6, 6.07) is 10.1. The van der Waals surface area contributed by atoms with E-state index >= 15 is 0 Å². The van der Waals surface area contributed by atoms with E-state index in [-0.39, 0.29) is 12.5 Å². The Hall–Kier alpha value is -2.14. The monoisotopic (exact) mass is 318 g/mol. The third kappa shape index (κ3) is 4.43. The molecular weight excluding hydrogens is 300 g/mol. The molecule has 0 bridgehead atoms. The van der Waals surface area contributed by atoms with Crippen LogP contribution >= 0.6 is 11.6 Å². The highest BCUT2D eigenvalue weighted by atomic mass is 35.5. The molecule has 2 aromatic rings. The fourth-order valence-electron chi connectivity index (χ4n) is 2.06. The molecule has 1 heterocycles. The van der Waals surface area contributed by atoms with Crippen LogP contribution in [-0.2, 0) is 17.8 Å². The lowest BCUT2D eigenvalue weighted by atomic mass is 10.1. The maximum absolute atomic E-state index is 11.8. The number of hydrogen-bond donors (Lipinski definition) is 1. The Labute approximate surface area is 135 Å². The van der Waals surface area contributed by atoms with Gasteiger partial charge in [-0.25, -0.2) is 5.43 Å². The van der Waals surface area contributed by atoms with Crippen LogP contribution in [0.2, 0.25) is 5.02 Å². The van der Waals surface area contributed by atoms with Gasteiger partial charge in [0, 0.05) is 6.21 Å². The summed E-state index contributed by atoms with van der Waals surface area (Å²) >= 11 is 6.04. The molecule has 0 saturated heterocycles. The van der Waals surface area contributed by atoms with Crippen molar-refractivity contribution in [2.45, 2.75) is 33.2 Å². The van der Waals surface area contributed by atoms with Gasteiger partial charge in [-0.2, -0.15) is 10.2 Å². The first-order chi connectivity index (χ1) is 10.6. The zero-order chi connectivity index (χ0) is 15.9. The Bertz CT molecular complexity index is 664. The third-order valence-electron chi connectivity index (χ3n) is 3.27. The minimum atomic E-state index is -0.224. The summed E-state index contributed by atoms with van der Waals surface area (Å²) in [5.74, 6) is -0.224. The number of halogens is 1. The minimum absolute atomic E-state index is 0.107. The molecule has 1 aromatic carbocycles. The first kappa shape index (κ1) is 16.2. The summed E-state index contributed by atoms with van der Waals surface area (Å²) in [5, 5.41) is 8.75. The molecule has 0 aliphatic rings. The highest BCUT2D eigenvalue weighted by molar-refractivity contribution is 6.31. The molecule has 0 saturated carbocycles. The number of aromatic nitrogens is 2. The van der Waals surface area contributed by atoms with Gasteiger partial charge in [-0.1, -0.05) is 41.9 Å². The average Bonchev–Trinajstić information content (AvgIpc) is 2.75. The molecule has 0 aliphatic carbocycles. The highest BCUT2D eigenvalue weighted by Crippen LogP contribution is 2.18. The number of nitrogens with one attached hydrogen (secondary N) is 1. The Kier molecular flexibility index (Phi) is 5.72. The molecule has 0 fully saturated rings. The first-order valence-corrected chi connectivity index (χ1v) is 7.49. The van der Waals surface area contributed by atoms with Gasteiger partial charge in [-0.15, -0.1) is 0 Å². The Morgan fingerprint density at radius 1 is 1.36 bits per heavy atom. The van der Waals surface area contributed by atoms with Gasteiger partial charge in [-0.3, -0.25) is 9.48 Å². The van der Waals surface area contributed by atoms with Crippen LogP contribution in [0.4, 0.5) is 0 Å². The van der Waals surface area contributed by atoms with Crippen molar-refractivity contribution in [2.75, 3.05) is 0 Å². The SMILES string of the molecule is Cc1nn(CC(=O)N/N=C\CCc2ccccc2)c(C)c1Cl. The molecule has 2 rings (SSSR count). The summed E-state index contributed by atoms with van der Waals surface area (Å²) in [7, 11) is 0. The zero-order valence-corrected chi connectivity index (χ0v) is 13.5. The second-order valence-corrected chi connectivity index (χ2v) is 5.39. The van der Waals surface area contributed by atoms with E-state index < -0.39 is 0 Å². The summed E-state index contributed by atoms with van der Waals surface area (Å²) < 4.78 is 1.58. The topological polar surface area (TPSA) is 59.3 Å². The van der Waals surface area contributed by atoms with Crippen LogP contribution in [0.5, 0.6) is 0 Å². The van der Waals surface area contributed by atoms with E-state index in [0.29, 0.717) is 5.02 Å². The molecule has 0 unspecified atom stereocenters. The van der Waals surface area contributed by atoms with Crippen LogP contribution in [0.25, 0.3) is 0 Å². The zero-order valence-electron chi connectivity index (χ0n) is 12.7. The van der Waals surface area contributed by atoms with E-state index in [1.165, 1.54) is 5.56 Å².